The van der Waals surface area contributed by atoms with Crippen LogP contribution < -0.4 is 9.46 Å². The predicted octanol–water partition coefficient (Wildman–Crippen LogP) is 1.19. The van der Waals surface area contributed by atoms with Crippen LogP contribution in [0.3, 0.4) is 0 Å². The quantitative estimate of drug-likeness (QED) is 0.539. The Morgan fingerprint density at radius 3 is 2.70 bits per heavy atom. The van der Waals surface area contributed by atoms with Crippen LogP contribution in [-0.4, -0.2) is 89.5 Å². The number of hydrogen-bond acceptors (Lipinski definition) is 6. The van der Waals surface area contributed by atoms with E-state index in [9.17, 15) is 16.8 Å². The summed E-state index contributed by atoms with van der Waals surface area (Å²) in [7, 11) is -2.45. The van der Waals surface area contributed by atoms with Gasteiger partial charge in [0.1, 0.15) is 5.75 Å². The molecule has 0 spiro atoms. The first-order valence-corrected chi connectivity index (χ1v) is 14.7. The average molecular weight is 501 g/mol. The van der Waals surface area contributed by atoms with Crippen LogP contribution >= 0.6 is 0 Å². The van der Waals surface area contributed by atoms with E-state index in [1.807, 2.05) is 6.07 Å². The smallest absolute Gasteiger partial charge is 0.278 e. The van der Waals surface area contributed by atoms with Gasteiger partial charge in [0, 0.05) is 52.4 Å². The van der Waals surface area contributed by atoms with Crippen LogP contribution in [0.5, 0.6) is 5.75 Å². The summed E-state index contributed by atoms with van der Waals surface area (Å²) < 4.78 is 61.0. The van der Waals surface area contributed by atoms with Crippen molar-refractivity contribution in [3.8, 4) is 5.75 Å². The summed E-state index contributed by atoms with van der Waals surface area (Å²) in [4.78, 5) is 2.53. The average Bonchev–Trinajstić information content (AvgIpc) is 2.79. The highest BCUT2D eigenvalue weighted by Gasteiger charge is 2.45. The molecule has 3 aliphatic rings. The van der Waals surface area contributed by atoms with Crippen LogP contribution in [0, 0.1) is 5.92 Å². The first kappa shape index (κ1) is 24.9. The predicted molar refractivity (Wildman–Crippen MR) is 128 cm³/mol. The maximum absolute atomic E-state index is 13.3. The molecule has 0 unspecified atom stereocenters. The van der Waals surface area contributed by atoms with Gasteiger partial charge in [-0.15, -0.1) is 0 Å². The second kappa shape index (κ2) is 9.79. The molecule has 9 nitrogen and oxygen atoms in total. The number of piperidine rings is 2. The van der Waals surface area contributed by atoms with Crippen molar-refractivity contribution in [3.63, 3.8) is 0 Å². The SMILES string of the molecule is COc1ccc2c(c1)CCN1C[C@H]3CCCN(S(=O)(=O)CCCNS(=O)(=O)N(C)C)[C@H]3C[C@@H]21. The van der Waals surface area contributed by atoms with Crippen molar-refractivity contribution >= 4 is 20.2 Å². The molecular weight excluding hydrogens is 464 g/mol. The zero-order valence-corrected chi connectivity index (χ0v) is 21.4. The summed E-state index contributed by atoms with van der Waals surface area (Å²) in [6.45, 7) is 2.57. The molecule has 1 aromatic rings. The van der Waals surface area contributed by atoms with Crippen molar-refractivity contribution in [2.24, 2.45) is 5.92 Å². The maximum atomic E-state index is 13.3. The molecule has 0 aromatic heterocycles. The molecule has 3 heterocycles. The Morgan fingerprint density at radius 1 is 1.18 bits per heavy atom. The zero-order valence-electron chi connectivity index (χ0n) is 19.7. The molecule has 0 saturated carbocycles. The second-order valence-corrected chi connectivity index (χ2v) is 13.5. The van der Waals surface area contributed by atoms with E-state index in [2.05, 4.69) is 21.8 Å². The van der Waals surface area contributed by atoms with Crippen molar-refractivity contribution in [1.82, 2.24) is 18.2 Å². The van der Waals surface area contributed by atoms with Gasteiger partial charge in [-0.25, -0.2) is 13.1 Å². The van der Waals surface area contributed by atoms with Crippen LogP contribution in [0.25, 0.3) is 0 Å². The van der Waals surface area contributed by atoms with Gasteiger partial charge in [0.15, 0.2) is 0 Å². The lowest BCUT2D eigenvalue weighted by atomic mass is 9.77. The largest absolute Gasteiger partial charge is 0.497 e. The van der Waals surface area contributed by atoms with E-state index in [1.54, 1.807) is 11.4 Å². The lowest BCUT2D eigenvalue weighted by molar-refractivity contribution is 0.0219. The minimum Gasteiger partial charge on any atom is -0.497 e. The fraction of sp³-hybridized carbons (Fsp3) is 0.727. The molecule has 11 heteroatoms. The molecule has 1 N–H and O–H groups in total. The summed E-state index contributed by atoms with van der Waals surface area (Å²) in [6.07, 6.45) is 3.97. The summed E-state index contributed by atoms with van der Waals surface area (Å²) >= 11 is 0. The number of methoxy groups -OCH3 is 1. The Morgan fingerprint density at radius 2 is 1.97 bits per heavy atom. The van der Waals surface area contributed by atoms with Gasteiger partial charge in [-0.3, -0.25) is 4.90 Å². The number of hydrogen-bond donors (Lipinski definition) is 1. The highest BCUT2D eigenvalue weighted by molar-refractivity contribution is 7.89. The van der Waals surface area contributed by atoms with Crippen LogP contribution in [0.4, 0.5) is 0 Å². The molecule has 3 aliphatic heterocycles. The number of rotatable bonds is 8. The molecule has 0 radical (unpaired) electrons. The van der Waals surface area contributed by atoms with Gasteiger partial charge in [0.25, 0.3) is 10.2 Å². The normalized spacial score (nSPS) is 26.5. The number of nitrogens with zero attached hydrogens (tertiary/aromatic N) is 3. The first-order chi connectivity index (χ1) is 15.6. The third-order valence-corrected chi connectivity index (χ3v) is 10.8. The Kier molecular flexibility index (Phi) is 7.38. The second-order valence-electron chi connectivity index (χ2n) is 9.49. The van der Waals surface area contributed by atoms with E-state index in [-0.39, 0.29) is 30.8 Å². The van der Waals surface area contributed by atoms with E-state index in [4.69, 9.17) is 4.74 Å². The maximum Gasteiger partial charge on any atom is 0.278 e. The third kappa shape index (κ3) is 5.23. The summed E-state index contributed by atoms with van der Waals surface area (Å²) in [6, 6.07) is 6.48. The van der Waals surface area contributed by atoms with Gasteiger partial charge in [0.2, 0.25) is 10.0 Å². The molecular formula is C22H36N4O5S2. The van der Waals surface area contributed by atoms with Gasteiger partial charge < -0.3 is 4.74 Å². The molecule has 2 saturated heterocycles. The summed E-state index contributed by atoms with van der Waals surface area (Å²) in [5, 5.41) is 0. The van der Waals surface area contributed by atoms with Crippen molar-refractivity contribution in [2.45, 2.75) is 44.2 Å². The fourth-order valence-corrected chi connectivity index (χ4v) is 8.05. The van der Waals surface area contributed by atoms with Gasteiger partial charge >= 0.3 is 0 Å². The Balaban J connectivity index is 1.46. The number of fused-ring (bicyclic) bond motifs is 4. The fourth-order valence-electron chi connectivity index (χ4n) is 5.56. The Bertz CT molecular complexity index is 1060. The molecule has 2 fully saturated rings. The molecule has 186 valence electrons. The molecule has 1 aromatic carbocycles. The van der Waals surface area contributed by atoms with Crippen molar-refractivity contribution in [3.05, 3.63) is 29.3 Å². The van der Waals surface area contributed by atoms with Gasteiger partial charge in [-0.2, -0.15) is 17.0 Å². The molecule has 4 rings (SSSR count). The van der Waals surface area contributed by atoms with E-state index >= 15 is 0 Å². The van der Waals surface area contributed by atoms with E-state index in [0.29, 0.717) is 12.5 Å². The topological polar surface area (TPSA) is 99.3 Å². The standard InChI is InChI=1S/C22H36N4O5S2/c1-24(2)33(29,30)23-10-5-13-32(27,28)26-11-4-6-18-16-25-12-9-17-14-19(31-3)7-8-20(17)22(25)15-21(18)26/h7-8,14,18,21-23H,4-6,9-13,15-16H2,1-3H3/t18-,21+,22+/m1/s1. The van der Waals surface area contributed by atoms with E-state index < -0.39 is 20.2 Å². The number of benzene rings is 1. The summed E-state index contributed by atoms with van der Waals surface area (Å²) in [5.41, 5.74) is 2.59. The number of nitrogens with one attached hydrogen (secondary N) is 1. The van der Waals surface area contributed by atoms with E-state index in [0.717, 1.165) is 48.8 Å². The number of sulfonamides is 1. The van der Waals surface area contributed by atoms with Crippen LogP contribution in [0.1, 0.15) is 42.9 Å². The molecule has 0 amide bonds. The van der Waals surface area contributed by atoms with Gasteiger partial charge in [-0.1, -0.05) is 6.07 Å². The molecule has 3 atom stereocenters. The van der Waals surface area contributed by atoms with Crippen molar-refractivity contribution in [1.29, 1.82) is 0 Å². The Hall–Kier alpha value is -1.24. The van der Waals surface area contributed by atoms with Crippen LogP contribution in [0.2, 0.25) is 0 Å². The zero-order chi connectivity index (χ0) is 23.8. The molecule has 0 aliphatic carbocycles. The first-order valence-electron chi connectivity index (χ1n) is 11.7. The summed E-state index contributed by atoms with van der Waals surface area (Å²) in [5.74, 6) is 1.16. The molecule has 33 heavy (non-hydrogen) atoms. The lowest BCUT2D eigenvalue weighted by Gasteiger charge is -2.51. The van der Waals surface area contributed by atoms with Gasteiger partial charge in [-0.05, 0) is 61.3 Å². The Labute approximate surface area is 198 Å². The lowest BCUT2D eigenvalue weighted by Crippen LogP contribution is -2.57. The minimum atomic E-state index is -3.55. The number of ether oxygens (including phenoxy) is 1. The monoisotopic (exact) mass is 500 g/mol. The third-order valence-electron chi connectivity index (χ3n) is 7.32. The highest BCUT2D eigenvalue weighted by Crippen LogP contribution is 2.44. The molecule has 0 bridgehead atoms. The van der Waals surface area contributed by atoms with Crippen LogP contribution in [0.15, 0.2) is 18.2 Å². The van der Waals surface area contributed by atoms with E-state index in [1.165, 1.54) is 25.2 Å². The van der Waals surface area contributed by atoms with Crippen molar-refractivity contribution < 1.29 is 21.6 Å². The van der Waals surface area contributed by atoms with Crippen LogP contribution in [-0.2, 0) is 26.7 Å². The van der Waals surface area contributed by atoms with Crippen molar-refractivity contribution in [2.75, 3.05) is 53.1 Å². The minimum absolute atomic E-state index is 0.00322. The van der Waals surface area contributed by atoms with Gasteiger partial charge in [0.05, 0.1) is 12.9 Å². The highest BCUT2D eigenvalue weighted by atomic mass is 32.2.